The molecule has 2 heteroatoms. The molecule has 2 N–H and O–H groups in total. The second-order valence-electron chi connectivity index (χ2n) is 1.96. The van der Waals surface area contributed by atoms with E-state index >= 15 is 0 Å². The molecule has 0 saturated carbocycles. The maximum absolute atomic E-state index is 5.26. The first kappa shape index (κ1) is 8.80. The molecule has 0 aromatic rings. The van der Waals surface area contributed by atoms with Gasteiger partial charge in [0.1, 0.15) is 0 Å². The summed E-state index contributed by atoms with van der Waals surface area (Å²) in [7, 11) is 0. The minimum absolute atomic E-state index is 0.454. The van der Waals surface area contributed by atoms with Crippen molar-refractivity contribution in [3.8, 4) is 0 Å². The van der Waals surface area contributed by atoms with E-state index in [1.165, 1.54) is 0 Å². The predicted molar refractivity (Wildman–Crippen MR) is 37.8 cm³/mol. The Morgan fingerprint density at radius 3 is 2.11 bits per heavy atom. The van der Waals surface area contributed by atoms with Crippen molar-refractivity contribution in [3.05, 3.63) is 23.8 Å². The summed E-state index contributed by atoms with van der Waals surface area (Å²) < 4.78 is 0.454. The predicted octanol–water partition coefficient (Wildman–Crippen LogP) is 1.14. The molecule has 0 unspecified atom stereocenters. The molecule has 0 aromatic heterocycles. The van der Waals surface area contributed by atoms with E-state index in [1.54, 1.807) is 6.08 Å². The molecule has 0 spiro atoms. The molecule has 0 aromatic carbocycles. The number of hydrogen-bond donors (Lipinski definition) is 1. The Morgan fingerprint density at radius 2 is 2.00 bits per heavy atom. The van der Waals surface area contributed by atoms with Crippen LogP contribution in [0.2, 0.25) is 0 Å². The summed E-state index contributed by atoms with van der Waals surface area (Å²) in [4.78, 5) is 0. The van der Waals surface area contributed by atoms with E-state index in [0.717, 1.165) is 11.1 Å². The van der Waals surface area contributed by atoms with Crippen LogP contribution < -0.4 is 5.73 Å². The van der Waals surface area contributed by atoms with Gasteiger partial charge in [-0.1, -0.05) is 0 Å². The summed E-state index contributed by atoms with van der Waals surface area (Å²) in [5.74, 6) is 0. The summed E-state index contributed by atoms with van der Waals surface area (Å²) in [6, 6.07) is 0. The molecular formula is C7H11NNi. The monoisotopic (exact) mass is 167 g/mol. The van der Waals surface area contributed by atoms with E-state index in [2.05, 4.69) is 21.6 Å². The maximum atomic E-state index is 5.26. The number of allylic oxidation sites excluding steroid dienone is 2. The third-order valence-electron chi connectivity index (χ3n) is 1.02. The van der Waals surface area contributed by atoms with Crippen molar-refractivity contribution in [2.75, 3.05) is 0 Å². The molecule has 0 aliphatic carbocycles. The summed E-state index contributed by atoms with van der Waals surface area (Å²) in [6.45, 7) is 7.59. The Labute approximate surface area is 63.5 Å². The molecule has 0 saturated heterocycles. The summed E-state index contributed by atoms with van der Waals surface area (Å²) in [5.41, 5.74) is 7.33. The summed E-state index contributed by atoms with van der Waals surface area (Å²) in [5, 5.41) is 0. The van der Waals surface area contributed by atoms with Gasteiger partial charge in [0.05, 0.1) is 0 Å². The Morgan fingerprint density at radius 1 is 1.56 bits per heavy atom. The van der Waals surface area contributed by atoms with Crippen molar-refractivity contribution in [1.29, 1.82) is 0 Å². The van der Waals surface area contributed by atoms with Gasteiger partial charge >= 0.3 is 63.0 Å². The zero-order chi connectivity index (χ0) is 7.44. The average Bonchev–Trinajstić information content (AvgIpc) is 1.63. The van der Waals surface area contributed by atoms with Crippen molar-refractivity contribution < 1.29 is 15.0 Å². The molecule has 0 atom stereocenters. The first-order valence-electron chi connectivity index (χ1n) is 2.63. The van der Waals surface area contributed by atoms with Crippen molar-refractivity contribution in [2.45, 2.75) is 13.8 Å². The summed E-state index contributed by atoms with van der Waals surface area (Å²) in [6.07, 6.45) is 1.75. The third-order valence-corrected chi connectivity index (χ3v) is 1.16. The Kier molecular flexibility index (Phi) is 3.68. The SMILES string of the molecule is C=C(C)/C(C)=C\[C](N)=[Ni]. The van der Waals surface area contributed by atoms with E-state index in [9.17, 15) is 0 Å². The molecule has 0 radical (unpaired) electrons. The van der Waals surface area contributed by atoms with E-state index in [0.29, 0.717) is 4.61 Å². The normalized spacial score (nSPS) is 11.4. The van der Waals surface area contributed by atoms with Crippen LogP contribution in [0.4, 0.5) is 0 Å². The fourth-order valence-corrected chi connectivity index (χ4v) is 0.530. The van der Waals surface area contributed by atoms with Crippen LogP contribution >= 0.6 is 0 Å². The van der Waals surface area contributed by atoms with E-state index in [1.807, 2.05) is 13.8 Å². The van der Waals surface area contributed by atoms with Crippen LogP contribution in [-0.2, 0) is 15.0 Å². The molecule has 0 aliphatic rings. The quantitative estimate of drug-likeness (QED) is 0.485. The van der Waals surface area contributed by atoms with Gasteiger partial charge in [0.2, 0.25) is 0 Å². The number of nitrogens with two attached hydrogens (primary N) is 1. The molecular weight excluding hydrogens is 157 g/mol. The average molecular weight is 168 g/mol. The van der Waals surface area contributed by atoms with Crippen LogP contribution in [0.5, 0.6) is 0 Å². The number of hydrogen-bond acceptors (Lipinski definition) is 1. The van der Waals surface area contributed by atoms with Gasteiger partial charge < -0.3 is 0 Å². The van der Waals surface area contributed by atoms with Gasteiger partial charge in [-0.15, -0.1) is 0 Å². The fraction of sp³-hybridized carbons (Fsp3) is 0.286. The van der Waals surface area contributed by atoms with Crippen LogP contribution in [-0.4, -0.2) is 4.61 Å². The molecule has 9 heavy (non-hydrogen) atoms. The van der Waals surface area contributed by atoms with Gasteiger partial charge in [-0.3, -0.25) is 0 Å². The van der Waals surface area contributed by atoms with Crippen LogP contribution in [0.3, 0.4) is 0 Å². The number of rotatable bonds is 2. The Hall–Kier alpha value is -0.196. The third kappa shape index (κ3) is 4.32. The van der Waals surface area contributed by atoms with Crippen LogP contribution in [0.15, 0.2) is 23.8 Å². The molecule has 0 amide bonds. The second kappa shape index (κ2) is 3.76. The Bertz CT molecular complexity index is 168. The summed E-state index contributed by atoms with van der Waals surface area (Å²) >= 11 is 4.37. The van der Waals surface area contributed by atoms with Crippen LogP contribution in [0.1, 0.15) is 13.8 Å². The molecule has 0 bridgehead atoms. The van der Waals surface area contributed by atoms with Crippen molar-refractivity contribution in [3.63, 3.8) is 0 Å². The molecule has 0 heterocycles. The molecule has 1 nitrogen and oxygen atoms in total. The fourth-order valence-electron chi connectivity index (χ4n) is 0.317. The van der Waals surface area contributed by atoms with Crippen molar-refractivity contribution in [2.24, 2.45) is 5.73 Å². The first-order chi connectivity index (χ1) is 4.04. The van der Waals surface area contributed by atoms with Gasteiger partial charge in [-0.2, -0.15) is 0 Å². The zero-order valence-corrected chi connectivity index (χ0v) is 6.67. The van der Waals surface area contributed by atoms with Gasteiger partial charge in [-0.05, 0) is 0 Å². The van der Waals surface area contributed by atoms with Gasteiger partial charge in [0.15, 0.2) is 0 Å². The topological polar surface area (TPSA) is 26.0 Å². The zero-order valence-electron chi connectivity index (χ0n) is 5.68. The van der Waals surface area contributed by atoms with Crippen LogP contribution in [0.25, 0.3) is 0 Å². The van der Waals surface area contributed by atoms with E-state index < -0.39 is 0 Å². The van der Waals surface area contributed by atoms with Gasteiger partial charge in [0, 0.05) is 0 Å². The van der Waals surface area contributed by atoms with E-state index in [-0.39, 0.29) is 0 Å². The molecule has 0 aliphatic heterocycles. The standard InChI is InChI=1S/C7H11N.Ni/c1-6(2)7(3)4-5-8;/h4H,1,8H2,2-3H3;/b7-4-;. The molecule has 54 valence electrons. The molecule has 0 fully saturated rings. The van der Waals surface area contributed by atoms with Gasteiger partial charge in [0.25, 0.3) is 0 Å². The van der Waals surface area contributed by atoms with Gasteiger partial charge in [-0.25, -0.2) is 0 Å². The first-order valence-corrected chi connectivity index (χ1v) is 3.12. The van der Waals surface area contributed by atoms with E-state index in [4.69, 9.17) is 5.73 Å². The Balaban J connectivity index is 4.17. The van der Waals surface area contributed by atoms with Crippen molar-refractivity contribution >= 4 is 4.61 Å². The van der Waals surface area contributed by atoms with Crippen molar-refractivity contribution in [1.82, 2.24) is 0 Å². The minimum atomic E-state index is 0.454. The second-order valence-corrected chi connectivity index (χ2v) is 2.53. The van der Waals surface area contributed by atoms with Crippen LogP contribution in [0, 0.1) is 0 Å². The molecule has 0 rings (SSSR count).